The van der Waals surface area contributed by atoms with Crippen molar-refractivity contribution in [3.05, 3.63) is 23.8 Å². The fraction of sp³-hybridized carbons (Fsp3) is 0.619. The van der Waals surface area contributed by atoms with Gasteiger partial charge in [-0.3, -0.25) is 9.59 Å². The molecule has 2 amide bonds. The molecule has 1 aromatic carbocycles. The zero-order valence-corrected chi connectivity index (χ0v) is 18.1. The fourth-order valence-electron chi connectivity index (χ4n) is 3.71. The number of piperidine rings is 1. The molecule has 0 saturated carbocycles. The molecule has 2 heterocycles. The number of nitrogens with zero attached hydrogens (tertiary/aromatic N) is 2. The van der Waals surface area contributed by atoms with Crippen molar-refractivity contribution in [3.63, 3.8) is 0 Å². The Morgan fingerprint density at radius 2 is 1.86 bits per heavy atom. The van der Waals surface area contributed by atoms with Gasteiger partial charge in [0.15, 0.2) is 18.1 Å². The van der Waals surface area contributed by atoms with Crippen molar-refractivity contribution >= 4 is 24.2 Å². The number of nitrogens with one attached hydrogen (secondary N) is 1. The van der Waals surface area contributed by atoms with E-state index in [0.717, 1.165) is 39.0 Å². The van der Waals surface area contributed by atoms with Crippen molar-refractivity contribution < 1.29 is 19.1 Å². The van der Waals surface area contributed by atoms with Gasteiger partial charge in [0.1, 0.15) is 0 Å². The van der Waals surface area contributed by atoms with E-state index in [0.29, 0.717) is 30.2 Å². The number of piperazine rings is 1. The van der Waals surface area contributed by atoms with Gasteiger partial charge in [0.2, 0.25) is 0 Å². The Bertz CT molecular complexity index is 695. The van der Waals surface area contributed by atoms with Crippen molar-refractivity contribution in [2.45, 2.75) is 39.2 Å². The molecule has 0 aromatic heterocycles. The summed E-state index contributed by atoms with van der Waals surface area (Å²) in [5.41, 5.74) is 0.576. The predicted octanol–water partition coefficient (Wildman–Crippen LogP) is 2.33. The number of hydrogen-bond donors (Lipinski definition) is 1. The van der Waals surface area contributed by atoms with Crippen molar-refractivity contribution in [1.29, 1.82) is 0 Å². The number of halogens is 1. The van der Waals surface area contributed by atoms with E-state index in [1.54, 1.807) is 18.2 Å². The van der Waals surface area contributed by atoms with Crippen LogP contribution in [-0.2, 0) is 4.79 Å². The monoisotopic (exact) mass is 425 g/mol. The standard InChI is InChI=1S/C21H31N3O4.ClH/c1-3-27-19-13-17(21(26)24-12-9-22-14-16(24)2)7-8-18(19)28-15-20(25)23-10-5-4-6-11-23;/h7-8,13,16,22H,3-6,9-12,14-15H2,1-2H3;1H. The summed E-state index contributed by atoms with van der Waals surface area (Å²) in [5.74, 6) is 0.988. The van der Waals surface area contributed by atoms with Gasteiger partial charge in [0.05, 0.1) is 6.61 Å². The Labute approximate surface area is 179 Å². The molecule has 0 radical (unpaired) electrons. The maximum atomic E-state index is 12.9. The zero-order valence-electron chi connectivity index (χ0n) is 17.3. The Kier molecular flexibility index (Phi) is 9.04. The summed E-state index contributed by atoms with van der Waals surface area (Å²) in [5, 5.41) is 3.29. The second kappa shape index (κ2) is 11.3. The third kappa shape index (κ3) is 6.00. The van der Waals surface area contributed by atoms with Crippen molar-refractivity contribution in [2.24, 2.45) is 0 Å². The van der Waals surface area contributed by atoms with Gasteiger partial charge in [-0.2, -0.15) is 0 Å². The molecule has 7 nitrogen and oxygen atoms in total. The summed E-state index contributed by atoms with van der Waals surface area (Å²) in [7, 11) is 0. The average molecular weight is 426 g/mol. The molecule has 3 rings (SSSR count). The minimum Gasteiger partial charge on any atom is -0.490 e. The van der Waals surface area contributed by atoms with Crippen molar-refractivity contribution in [1.82, 2.24) is 15.1 Å². The third-order valence-electron chi connectivity index (χ3n) is 5.31. The SMILES string of the molecule is CCOc1cc(C(=O)N2CCNCC2C)ccc1OCC(=O)N1CCCCC1.Cl. The van der Waals surface area contributed by atoms with Crippen LogP contribution in [0.15, 0.2) is 18.2 Å². The topological polar surface area (TPSA) is 71.1 Å². The molecule has 2 fully saturated rings. The number of carbonyl (C=O) groups excluding carboxylic acids is 2. The van der Waals surface area contributed by atoms with Gasteiger partial charge in [-0.05, 0) is 51.3 Å². The van der Waals surface area contributed by atoms with E-state index >= 15 is 0 Å². The molecule has 29 heavy (non-hydrogen) atoms. The lowest BCUT2D eigenvalue weighted by Crippen LogP contribution is -2.52. The van der Waals surface area contributed by atoms with Gasteiger partial charge in [-0.25, -0.2) is 0 Å². The highest BCUT2D eigenvalue weighted by molar-refractivity contribution is 5.95. The minimum absolute atomic E-state index is 0. The second-order valence-electron chi connectivity index (χ2n) is 7.38. The molecule has 1 unspecified atom stereocenters. The molecule has 0 spiro atoms. The van der Waals surface area contributed by atoms with Crippen LogP contribution in [-0.4, -0.2) is 73.6 Å². The molecule has 0 bridgehead atoms. The first-order valence-corrected chi connectivity index (χ1v) is 10.3. The van der Waals surface area contributed by atoms with Crippen LogP contribution in [0.5, 0.6) is 11.5 Å². The Hall–Kier alpha value is -1.99. The largest absolute Gasteiger partial charge is 0.490 e. The number of ether oxygens (including phenoxy) is 2. The average Bonchev–Trinajstić information content (AvgIpc) is 2.73. The van der Waals surface area contributed by atoms with Crippen LogP contribution in [0.3, 0.4) is 0 Å². The van der Waals surface area contributed by atoms with Crippen LogP contribution in [0.4, 0.5) is 0 Å². The third-order valence-corrected chi connectivity index (χ3v) is 5.31. The molecule has 2 aliphatic heterocycles. The van der Waals surface area contributed by atoms with Crippen LogP contribution < -0.4 is 14.8 Å². The summed E-state index contributed by atoms with van der Waals surface area (Å²) in [4.78, 5) is 29.0. The Balaban J connectivity index is 0.00000300. The molecule has 8 heteroatoms. The highest BCUT2D eigenvalue weighted by Gasteiger charge is 2.25. The number of benzene rings is 1. The van der Waals surface area contributed by atoms with Gasteiger partial charge in [0, 0.05) is 44.3 Å². The smallest absolute Gasteiger partial charge is 0.260 e. The van der Waals surface area contributed by atoms with E-state index in [9.17, 15) is 9.59 Å². The van der Waals surface area contributed by atoms with Crippen LogP contribution in [0.1, 0.15) is 43.5 Å². The molecule has 1 N–H and O–H groups in total. The van der Waals surface area contributed by atoms with Crippen molar-refractivity contribution in [2.75, 3.05) is 45.9 Å². The summed E-state index contributed by atoms with van der Waals surface area (Å²) in [6.45, 7) is 8.26. The highest BCUT2D eigenvalue weighted by Crippen LogP contribution is 2.29. The quantitative estimate of drug-likeness (QED) is 0.757. The van der Waals surface area contributed by atoms with Crippen LogP contribution in [0.2, 0.25) is 0 Å². The maximum absolute atomic E-state index is 12.9. The van der Waals surface area contributed by atoms with E-state index in [1.807, 2.05) is 23.6 Å². The first-order chi connectivity index (χ1) is 13.6. The predicted molar refractivity (Wildman–Crippen MR) is 114 cm³/mol. The molecular formula is C21H32ClN3O4. The van der Waals surface area contributed by atoms with Gasteiger partial charge in [-0.15, -0.1) is 12.4 Å². The number of likely N-dealkylation sites (tertiary alicyclic amines) is 1. The number of carbonyl (C=O) groups is 2. The Morgan fingerprint density at radius 3 is 2.55 bits per heavy atom. The van der Waals surface area contributed by atoms with Gasteiger partial charge < -0.3 is 24.6 Å². The maximum Gasteiger partial charge on any atom is 0.260 e. The lowest BCUT2D eigenvalue weighted by molar-refractivity contribution is -0.134. The highest BCUT2D eigenvalue weighted by atomic mass is 35.5. The van der Waals surface area contributed by atoms with E-state index < -0.39 is 0 Å². The minimum atomic E-state index is -0.0117. The molecule has 162 valence electrons. The van der Waals surface area contributed by atoms with E-state index in [-0.39, 0.29) is 36.9 Å². The number of hydrogen-bond acceptors (Lipinski definition) is 5. The molecule has 2 aliphatic rings. The zero-order chi connectivity index (χ0) is 19.9. The second-order valence-corrected chi connectivity index (χ2v) is 7.38. The van der Waals surface area contributed by atoms with Crippen LogP contribution in [0, 0.1) is 0 Å². The van der Waals surface area contributed by atoms with Crippen LogP contribution in [0.25, 0.3) is 0 Å². The van der Waals surface area contributed by atoms with Gasteiger partial charge in [0.25, 0.3) is 11.8 Å². The van der Waals surface area contributed by atoms with E-state index in [2.05, 4.69) is 5.32 Å². The van der Waals surface area contributed by atoms with Gasteiger partial charge >= 0.3 is 0 Å². The van der Waals surface area contributed by atoms with Crippen molar-refractivity contribution in [3.8, 4) is 11.5 Å². The van der Waals surface area contributed by atoms with E-state index in [1.165, 1.54) is 6.42 Å². The normalized spacial score (nSPS) is 19.3. The lowest BCUT2D eigenvalue weighted by atomic mass is 10.1. The first-order valence-electron chi connectivity index (χ1n) is 10.3. The summed E-state index contributed by atoms with van der Waals surface area (Å²) in [6, 6.07) is 5.35. The first kappa shape index (κ1) is 23.3. The summed E-state index contributed by atoms with van der Waals surface area (Å²) in [6.07, 6.45) is 3.29. The number of amides is 2. The molecule has 0 aliphatic carbocycles. The molecular weight excluding hydrogens is 394 g/mol. The fourth-order valence-corrected chi connectivity index (χ4v) is 3.71. The van der Waals surface area contributed by atoms with Gasteiger partial charge in [-0.1, -0.05) is 0 Å². The van der Waals surface area contributed by atoms with Crippen LogP contribution >= 0.6 is 12.4 Å². The Morgan fingerprint density at radius 1 is 1.10 bits per heavy atom. The molecule has 1 aromatic rings. The summed E-state index contributed by atoms with van der Waals surface area (Å²) >= 11 is 0. The summed E-state index contributed by atoms with van der Waals surface area (Å²) < 4.78 is 11.4. The number of rotatable bonds is 6. The van der Waals surface area contributed by atoms with E-state index in [4.69, 9.17) is 9.47 Å². The lowest BCUT2D eigenvalue weighted by Gasteiger charge is -2.34. The molecule has 1 atom stereocenters. The molecule has 2 saturated heterocycles.